The van der Waals surface area contributed by atoms with Gasteiger partial charge >= 0.3 is 5.51 Å². The molecule has 0 aliphatic rings. The van der Waals surface area contributed by atoms with Crippen LogP contribution in [0.3, 0.4) is 0 Å². The number of hydrogen-bond acceptors (Lipinski definition) is 3. The van der Waals surface area contributed by atoms with Crippen LogP contribution in [0.2, 0.25) is 0 Å². The first-order chi connectivity index (χ1) is 7.79. The smallest absolute Gasteiger partial charge is 0.441 e. The summed E-state index contributed by atoms with van der Waals surface area (Å²) in [6.45, 7) is 5.93. The zero-order valence-corrected chi connectivity index (χ0v) is 10.8. The lowest BCUT2D eigenvalue weighted by molar-refractivity contribution is -0.0327. The molecule has 1 heterocycles. The van der Waals surface area contributed by atoms with Crippen LogP contribution in [-0.2, 0) is 0 Å². The van der Waals surface area contributed by atoms with E-state index in [2.05, 4.69) is 5.32 Å². The SMILES string of the molecule is Cc1cc(C(C)NCCSC(F)(F)F)c(C)o1. The maximum atomic E-state index is 11.9. The van der Waals surface area contributed by atoms with E-state index in [4.69, 9.17) is 4.42 Å². The Morgan fingerprint density at radius 2 is 2.06 bits per heavy atom. The molecule has 0 aliphatic heterocycles. The highest BCUT2D eigenvalue weighted by molar-refractivity contribution is 8.00. The van der Waals surface area contributed by atoms with Gasteiger partial charge in [0.2, 0.25) is 0 Å². The summed E-state index contributed by atoms with van der Waals surface area (Å²) in [5.41, 5.74) is -3.15. The zero-order chi connectivity index (χ0) is 13.1. The Bertz CT molecular complexity index is 362. The van der Waals surface area contributed by atoms with Crippen molar-refractivity contribution in [2.24, 2.45) is 0 Å². The topological polar surface area (TPSA) is 25.2 Å². The highest BCUT2D eigenvalue weighted by Gasteiger charge is 2.27. The van der Waals surface area contributed by atoms with Crippen LogP contribution in [0.25, 0.3) is 0 Å². The number of nitrogens with one attached hydrogen (secondary N) is 1. The van der Waals surface area contributed by atoms with Crippen molar-refractivity contribution in [3.05, 3.63) is 23.2 Å². The van der Waals surface area contributed by atoms with Gasteiger partial charge in [-0.05, 0) is 38.6 Å². The normalized spacial score (nSPS) is 14.0. The van der Waals surface area contributed by atoms with Crippen molar-refractivity contribution >= 4 is 11.8 Å². The molecule has 1 atom stereocenters. The molecule has 0 fully saturated rings. The van der Waals surface area contributed by atoms with Crippen LogP contribution < -0.4 is 5.32 Å². The van der Waals surface area contributed by atoms with Crippen LogP contribution in [0.5, 0.6) is 0 Å². The molecule has 2 nitrogen and oxygen atoms in total. The molecule has 1 unspecified atom stereocenters. The summed E-state index contributed by atoms with van der Waals surface area (Å²) in [6.07, 6.45) is 0. The number of halogens is 3. The molecule has 0 bridgehead atoms. The van der Waals surface area contributed by atoms with E-state index >= 15 is 0 Å². The van der Waals surface area contributed by atoms with Crippen LogP contribution in [0.15, 0.2) is 10.5 Å². The van der Waals surface area contributed by atoms with Gasteiger partial charge in [0.05, 0.1) is 0 Å². The maximum absolute atomic E-state index is 11.9. The Kier molecular flexibility index (Phi) is 4.94. The first-order valence-electron chi connectivity index (χ1n) is 5.30. The second kappa shape index (κ2) is 5.82. The maximum Gasteiger partial charge on any atom is 0.441 e. The largest absolute Gasteiger partial charge is 0.466 e. The van der Waals surface area contributed by atoms with Gasteiger partial charge in [-0.15, -0.1) is 0 Å². The first kappa shape index (κ1) is 14.4. The quantitative estimate of drug-likeness (QED) is 0.821. The molecule has 0 saturated carbocycles. The molecule has 1 N–H and O–H groups in total. The second-order valence-corrected chi connectivity index (χ2v) is 5.00. The molecule has 0 amide bonds. The molecule has 17 heavy (non-hydrogen) atoms. The van der Waals surface area contributed by atoms with Gasteiger partial charge in [0.15, 0.2) is 0 Å². The standard InChI is InChI=1S/C11H16F3NOS/c1-7-6-10(9(3)16-7)8(2)15-4-5-17-11(12,13)14/h6,8,15H,4-5H2,1-3H3. The number of hydrogen-bond donors (Lipinski definition) is 1. The monoisotopic (exact) mass is 267 g/mol. The summed E-state index contributed by atoms with van der Waals surface area (Å²) in [5, 5.41) is 3.04. The van der Waals surface area contributed by atoms with Crippen molar-refractivity contribution in [3.63, 3.8) is 0 Å². The summed E-state index contributed by atoms with van der Waals surface area (Å²) in [4.78, 5) is 0. The summed E-state index contributed by atoms with van der Waals surface area (Å²) in [6, 6.07) is 1.91. The molecule has 1 rings (SSSR count). The van der Waals surface area contributed by atoms with Crippen LogP contribution in [0.4, 0.5) is 13.2 Å². The van der Waals surface area contributed by atoms with E-state index in [-0.39, 0.29) is 23.6 Å². The Morgan fingerprint density at radius 1 is 1.41 bits per heavy atom. The Hall–Kier alpha value is -0.620. The third-order valence-electron chi connectivity index (χ3n) is 2.36. The van der Waals surface area contributed by atoms with Crippen LogP contribution in [0, 0.1) is 13.8 Å². The molecule has 1 aromatic rings. The molecule has 6 heteroatoms. The van der Waals surface area contributed by atoms with Gasteiger partial charge in [-0.1, -0.05) is 0 Å². The van der Waals surface area contributed by atoms with Gasteiger partial charge in [0, 0.05) is 23.9 Å². The summed E-state index contributed by atoms with van der Waals surface area (Å²) in [7, 11) is 0. The fraction of sp³-hybridized carbons (Fsp3) is 0.636. The fourth-order valence-electron chi connectivity index (χ4n) is 1.63. The van der Waals surface area contributed by atoms with E-state index < -0.39 is 5.51 Å². The lowest BCUT2D eigenvalue weighted by atomic mass is 10.1. The molecule has 0 spiro atoms. The summed E-state index contributed by atoms with van der Waals surface area (Å²) >= 11 is -0.00578. The highest BCUT2D eigenvalue weighted by Crippen LogP contribution is 2.29. The van der Waals surface area contributed by atoms with Crippen LogP contribution >= 0.6 is 11.8 Å². The number of aryl methyl sites for hydroxylation is 2. The average molecular weight is 267 g/mol. The van der Waals surface area contributed by atoms with Crippen molar-refractivity contribution in [2.75, 3.05) is 12.3 Å². The van der Waals surface area contributed by atoms with E-state index in [1.807, 2.05) is 26.8 Å². The lowest BCUT2D eigenvalue weighted by Gasteiger charge is -2.13. The van der Waals surface area contributed by atoms with Gasteiger partial charge in [-0.3, -0.25) is 0 Å². The van der Waals surface area contributed by atoms with E-state index in [0.717, 1.165) is 17.1 Å². The van der Waals surface area contributed by atoms with Crippen LogP contribution in [-0.4, -0.2) is 17.8 Å². The number of rotatable bonds is 5. The molecular weight excluding hydrogens is 251 g/mol. The molecule has 1 aromatic heterocycles. The number of alkyl halides is 3. The van der Waals surface area contributed by atoms with E-state index in [1.165, 1.54) is 0 Å². The Balaban J connectivity index is 2.35. The fourth-order valence-corrected chi connectivity index (χ4v) is 2.08. The third-order valence-corrected chi connectivity index (χ3v) is 3.10. The molecule has 0 aliphatic carbocycles. The second-order valence-electron chi connectivity index (χ2n) is 3.84. The minimum Gasteiger partial charge on any atom is -0.466 e. The van der Waals surface area contributed by atoms with Gasteiger partial charge < -0.3 is 9.73 Å². The molecule has 0 aromatic carbocycles. The summed E-state index contributed by atoms with van der Waals surface area (Å²) in [5.74, 6) is 1.64. The highest BCUT2D eigenvalue weighted by atomic mass is 32.2. The molecular formula is C11H16F3NOS. The van der Waals surface area contributed by atoms with Gasteiger partial charge in [0.25, 0.3) is 0 Å². The Labute approximate surface area is 103 Å². The van der Waals surface area contributed by atoms with E-state index in [9.17, 15) is 13.2 Å². The Morgan fingerprint density at radius 3 is 2.53 bits per heavy atom. The van der Waals surface area contributed by atoms with Gasteiger partial charge in [-0.2, -0.15) is 13.2 Å². The summed E-state index contributed by atoms with van der Waals surface area (Å²) < 4.78 is 41.0. The predicted molar refractivity (Wildman–Crippen MR) is 63.1 cm³/mol. The molecule has 0 saturated heterocycles. The third kappa shape index (κ3) is 5.04. The number of furan rings is 1. The first-order valence-corrected chi connectivity index (χ1v) is 6.29. The molecule has 0 radical (unpaired) electrons. The van der Waals surface area contributed by atoms with E-state index in [1.54, 1.807) is 0 Å². The van der Waals surface area contributed by atoms with Crippen molar-refractivity contribution in [2.45, 2.75) is 32.3 Å². The zero-order valence-electron chi connectivity index (χ0n) is 10.0. The van der Waals surface area contributed by atoms with Crippen molar-refractivity contribution in [1.82, 2.24) is 5.32 Å². The lowest BCUT2D eigenvalue weighted by Crippen LogP contribution is -2.22. The van der Waals surface area contributed by atoms with E-state index in [0.29, 0.717) is 6.54 Å². The van der Waals surface area contributed by atoms with Gasteiger partial charge in [0.1, 0.15) is 11.5 Å². The number of thioether (sulfide) groups is 1. The minimum absolute atomic E-state index is 0.00119. The average Bonchev–Trinajstić information content (AvgIpc) is 2.51. The van der Waals surface area contributed by atoms with Crippen molar-refractivity contribution in [3.8, 4) is 0 Å². The minimum atomic E-state index is -4.15. The van der Waals surface area contributed by atoms with Crippen LogP contribution in [0.1, 0.15) is 30.0 Å². The predicted octanol–water partition coefficient (Wildman–Crippen LogP) is 3.80. The van der Waals surface area contributed by atoms with Gasteiger partial charge in [-0.25, -0.2) is 0 Å². The van der Waals surface area contributed by atoms with Crippen molar-refractivity contribution < 1.29 is 17.6 Å². The van der Waals surface area contributed by atoms with Crippen molar-refractivity contribution in [1.29, 1.82) is 0 Å². The molecule has 98 valence electrons.